The van der Waals surface area contributed by atoms with E-state index in [9.17, 15) is 4.79 Å². The van der Waals surface area contributed by atoms with E-state index in [4.69, 9.17) is 0 Å². The number of nitrogens with one attached hydrogen (secondary N) is 1. The molecule has 1 aromatic heterocycles. The highest BCUT2D eigenvalue weighted by Gasteiger charge is 2.10. The van der Waals surface area contributed by atoms with E-state index in [0.29, 0.717) is 12.4 Å². The Balaban J connectivity index is 1.61. The van der Waals surface area contributed by atoms with E-state index in [1.807, 2.05) is 55.6 Å². The van der Waals surface area contributed by atoms with E-state index in [-0.39, 0.29) is 6.03 Å². The highest BCUT2D eigenvalue weighted by molar-refractivity contribution is 7.98. The Bertz CT molecular complexity index is 910. The predicted molar refractivity (Wildman–Crippen MR) is 111 cm³/mol. The lowest BCUT2D eigenvalue weighted by molar-refractivity contribution is 0.220. The number of carbonyl (C=O) groups excluding carboxylic acids is 1. The van der Waals surface area contributed by atoms with Crippen LogP contribution in [0.4, 0.5) is 10.5 Å². The fourth-order valence-electron chi connectivity index (χ4n) is 2.59. The largest absolute Gasteiger partial charge is 0.323 e. The normalized spacial score (nSPS) is 10.5. The first kappa shape index (κ1) is 18.9. The maximum Gasteiger partial charge on any atom is 0.321 e. The van der Waals surface area contributed by atoms with Crippen molar-refractivity contribution in [1.82, 2.24) is 14.9 Å². The number of thioether (sulfide) groups is 1. The summed E-state index contributed by atoms with van der Waals surface area (Å²) in [5.41, 5.74) is 3.67. The first-order valence-electron chi connectivity index (χ1n) is 8.60. The number of aromatic nitrogens is 2. The monoisotopic (exact) mass is 378 g/mol. The van der Waals surface area contributed by atoms with Crippen molar-refractivity contribution in [2.75, 3.05) is 18.6 Å². The molecule has 27 heavy (non-hydrogen) atoms. The predicted octanol–water partition coefficient (Wildman–Crippen LogP) is 4.84. The zero-order valence-electron chi connectivity index (χ0n) is 15.6. The molecule has 3 aromatic rings. The van der Waals surface area contributed by atoms with Gasteiger partial charge >= 0.3 is 6.03 Å². The molecule has 0 saturated carbocycles. The zero-order chi connectivity index (χ0) is 19.2. The van der Waals surface area contributed by atoms with Gasteiger partial charge in [-0.25, -0.2) is 14.8 Å². The topological polar surface area (TPSA) is 58.1 Å². The molecule has 0 atom stereocenters. The Kier molecular flexibility index (Phi) is 6.08. The van der Waals surface area contributed by atoms with Crippen molar-refractivity contribution in [1.29, 1.82) is 0 Å². The van der Waals surface area contributed by atoms with E-state index >= 15 is 0 Å². The molecule has 138 valence electrons. The second kappa shape index (κ2) is 8.68. The number of hydrogen-bond acceptors (Lipinski definition) is 4. The van der Waals surface area contributed by atoms with Crippen molar-refractivity contribution in [3.8, 4) is 11.4 Å². The number of hydrogen-bond donors (Lipinski definition) is 1. The molecule has 0 unspecified atom stereocenters. The molecule has 3 rings (SSSR count). The number of aryl methyl sites for hydroxylation is 1. The molecule has 1 heterocycles. The van der Waals surface area contributed by atoms with Crippen LogP contribution in [0.1, 0.15) is 11.3 Å². The van der Waals surface area contributed by atoms with Crippen LogP contribution in [0.25, 0.3) is 11.4 Å². The van der Waals surface area contributed by atoms with Gasteiger partial charge in [-0.3, -0.25) is 0 Å². The van der Waals surface area contributed by atoms with Crippen LogP contribution in [-0.4, -0.2) is 34.2 Å². The van der Waals surface area contributed by atoms with Gasteiger partial charge in [0.15, 0.2) is 5.82 Å². The molecule has 0 aliphatic carbocycles. The van der Waals surface area contributed by atoms with Crippen LogP contribution in [-0.2, 0) is 6.54 Å². The van der Waals surface area contributed by atoms with E-state index in [0.717, 1.165) is 22.5 Å². The van der Waals surface area contributed by atoms with Gasteiger partial charge in [0.25, 0.3) is 0 Å². The third-order valence-electron chi connectivity index (χ3n) is 4.11. The number of carbonyl (C=O) groups is 1. The molecule has 0 aliphatic rings. The van der Waals surface area contributed by atoms with Crippen molar-refractivity contribution >= 4 is 23.5 Å². The Labute approximate surface area is 163 Å². The summed E-state index contributed by atoms with van der Waals surface area (Å²) in [5, 5.41) is 2.92. The van der Waals surface area contributed by atoms with Crippen molar-refractivity contribution in [3.63, 3.8) is 0 Å². The molecule has 0 bridgehead atoms. The molecular formula is C21H22N4OS. The lowest BCUT2D eigenvalue weighted by Crippen LogP contribution is -2.30. The minimum absolute atomic E-state index is 0.150. The van der Waals surface area contributed by atoms with E-state index in [1.165, 1.54) is 4.90 Å². The number of rotatable bonds is 5. The summed E-state index contributed by atoms with van der Waals surface area (Å²) in [4.78, 5) is 24.0. The first-order valence-corrected chi connectivity index (χ1v) is 9.83. The number of benzene rings is 2. The first-order chi connectivity index (χ1) is 13.0. The zero-order valence-corrected chi connectivity index (χ0v) is 16.5. The van der Waals surface area contributed by atoms with Crippen molar-refractivity contribution in [2.45, 2.75) is 18.4 Å². The van der Waals surface area contributed by atoms with E-state index < -0.39 is 0 Å². The number of anilines is 1. The molecule has 0 saturated heterocycles. The van der Waals surface area contributed by atoms with Crippen LogP contribution in [0.2, 0.25) is 0 Å². The second-order valence-corrected chi connectivity index (χ2v) is 7.11. The van der Waals surface area contributed by atoms with E-state index in [2.05, 4.69) is 27.4 Å². The molecule has 1 N–H and O–H groups in total. The van der Waals surface area contributed by atoms with Gasteiger partial charge in [-0.1, -0.05) is 12.1 Å². The Morgan fingerprint density at radius 3 is 2.41 bits per heavy atom. The summed E-state index contributed by atoms with van der Waals surface area (Å²) in [6.07, 6.45) is 3.79. The minimum atomic E-state index is -0.150. The Morgan fingerprint density at radius 1 is 1.07 bits per heavy atom. The third-order valence-corrected chi connectivity index (χ3v) is 4.86. The summed E-state index contributed by atoms with van der Waals surface area (Å²) in [6, 6.07) is 17.5. The van der Waals surface area contributed by atoms with Gasteiger partial charge in [0.05, 0.1) is 0 Å². The fraction of sp³-hybridized carbons (Fsp3) is 0.190. The number of nitrogens with zero attached hydrogens (tertiary/aromatic N) is 3. The Morgan fingerprint density at radius 2 is 1.78 bits per heavy atom. The molecule has 2 aromatic carbocycles. The van der Waals surface area contributed by atoms with Gasteiger partial charge < -0.3 is 10.2 Å². The SMILES string of the molecule is CSc1ccc(CN(C)C(=O)Nc2ccc(-c3nccc(C)n3)cc2)cc1. The third kappa shape index (κ3) is 5.08. The molecule has 5 nitrogen and oxygen atoms in total. The Hall–Kier alpha value is -2.86. The maximum absolute atomic E-state index is 12.4. The second-order valence-electron chi connectivity index (χ2n) is 6.23. The summed E-state index contributed by atoms with van der Waals surface area (Å²) in [7, 11) is 1.78. The smallest absolute Gasteiger partial charge is 0.321 e. The summed E-state index contributed by atoms with van der Waals surface area (Å²) in [5.74, 6) is 0.679. The molecular weight excluding hydrogens is 356 g/mol. The van der Waals surface area contributed by atoms with Crippen LogP contribution in [0.5, 0.6) is 0 Å². The van der Waals surface area contributed by atoms with Crippen LogP contribution >= 0.6 is 11.8 Å². The van der Waals surface area contributed by atoms with Gasteiger partial charge in [0.2, 0.25) is 0 Å². The molecule has 0 spiro atoms. The van der Waals surface area contributed by atoms with Crippen molar-refractivity contribution in [2.24, 2.45) is 0 Å². The van der Waals surface area contributed by atoms with Gasteiger partial charge in [0.1, 0.15) is 0 Å². The summed E-state index contributed by atoms with van der Waals surface area (Å²) in [6.45, 7) is 2.49. The van der Waals surface area contributed by atoms with Crippen molar-refractivity contribution < 1.29 is 4.79 Å². The molecule has 0 fully saturated rings. The van der Waals surface area contributed by atoms with Crippen LogP contribution in [0.3, 0.4) is 0 Å². The number of urea groups is 1. The van der Waals surface area contributed by atoms with Crippen LogP contribution < -0.4 is 5.32 Å². The number of amides is 2. The van der Waals surface area contributed by atoms with Gasteiger partial charge in [-0.05, 0) is 61.2 Å². The standard InChI is InChI=1S/C21H22N4OS/c1-15-12-13-22-20(23-15)17-6-8-18(9-7-17)24-21(26)25(2)14-16-4-10-19(27-3)11-5-16/h4-13H,14H2,1-3H3,(H,24,26). The van der Waals surface area contributed by atoms with Crippen LogP contribution in [0, 0.1) is 6.92 Å². The lowest BCUT2D eigenvalue weighted by atomic mass is 10.2. The average Bonchev–Trinajstić information content (AvgIpc) is 2.69. The van der Waals surface area contributed by atoms with E-state index in [1.54, 1.807) is 29.9 Å². The highest BCUT2D eigenvalue weighted by atomic mass is 32.2. The lowest BCUT2D eigenvalue weighted by Gasteiger charge is -2.18. The van der Waals surface area contributed by atoms with Gasteiger partial charge in [-0.15, -0.1) is 11.8 Å². The molecule has 0 aliphatic heterocycles. The fourth-order valence-corrected chi connectivity index (χ4v) is 2.99. The quantitative estimate of drug-likeness (QED) is 0.646. The van der Waals surface area contributed by atoms with Gasteiger partial charge in [0, 0.05) is 41.6 Å². The summed E-state index contributed by atoms with van der Waals surface area (Å²) >= 11 is 1.70. The minimum Gasteiger partial charge on any atom is -0.323 e. The van der Waals surface area contributed by atoms with Crippen molar-refractivity contribution in [3.05, 3.63) is 72.1 Å². The summed E-state index contributed by atoms with van der Waals surface area (Å²) < 4.78 is 0. The highest BCUT2D eigenvalue weighted by Crippen LogP contribution is 2.19. The average molecular weight is 379 g/mol. The molecule has 6 heteroatoms. The maximum atomic E-state index is 12.4. The molecule has 0 radical (unpaired) electrons. The van der Waals surface area contributed by atoms with Crippen LogP contribution in [0.15, 0.2) is 65.7 Å². The van der Waals surface area contributed by atoms with Gasteiger partial charge in [-0.2, -0.15) is 0 Å². The molecule has 2 amide bonds.